The van der Waals surface area contributed by atoms with Gasteiger partial charge >= 0.3 is 0 Å². The highest BCUT2D eigenvalue weighted by Crippen LogP contribution is 2.20. The summed E-state index contributed by atoms with van der Waals surface area (Å²) in [6.07, 6.45) is -0.481. The van der Waals surface area contributed by atoms with Gasteiger partial charge in [0.25, 0.3) is 0 Å². The third-order valence-corrected chi connectivity index (χ3v) is 3.23. The van der Waals surface area contributed by atoms with E-state index in [1.165, 1.54) is 0 Å². The van der Waals surface area contributed by atoms with Crippen LogP contribution in [-0.2, 0) is 0 Å². The Morgan fingerprint density at radius 1 is 1.42 bits per heavy atom. The molecule has 19 heavy (non-hydrogen) atoms. The van der Waals surface area contributed by atoms with E-state index in [1.807, 2.05) is 0 Å². The summed E-state index contributed by atoms with van der Waals surface area (Å²) in [5.41, 5.74) is 1.19. The van der Waals surface area contributed by atoms with E-state index >= 15 is 0 Å². The molecule has 1 aromatic rings. The van der Waals surface area contributed by atoms with Crippen molar-refractivity contribution in [1.82, 2.24) is 4.90 Å². The minimum atomic E-state index is -0.481. The van der Waals surface area contributed by atoms with E-state index in [0.29, 0.717) is 29.4 Å². The summed E-state index contributed by atoms with van der Waals surface area (Å²) in [4.78, 5) is 2.15. The molecule has 0 fully saturated rings. The molecule has 4 nitrogen and oxygen atoms in total. The molecule has 0 aliphatic heterocycles. The Bertz CT molecular complexity index is 441. The lowest BCUT2D eigenvalue weighted by molar-refractivity contribution is 0.128. The highest BCUT2D eigenvalue weighted by Gasteiger charge is 2.10. The average molecular weight is 282 g/mol. The molecule has 1 aromatic carbocycles. The fourth-order valence-electron chi connectivity index (χ4n) is 1.83. The summed E-state index contributed by atoms with van der Waals surface area (Å²) < 4.78 is 0. The SMILES string of the molecule is CCN(CC)CC(O)CNc1cc(Cl)ccc1C#N. The predicted molar refractivity (Wildman–Crippen MR) is 78.5 cm³/mol. The Morgan fingerprint density at radius 2 is 2.11 bits per heavy atom. The van der Waals surface area contributed by atoms with Crippen LogP contribution in [0.25, 0.3) is 0 Å². The number of halogens is 1. The van der Waals surface area contributed by atoms with Crippen molar-refractivity contribution in [3.05, 3.63) is 28.8 Å². The molecule has 0 heterocycles. The molecular formula is C14H20ClN3O. The molecule has 1 atom stereocenters. The maximum absolute atomic E-state index is 9.96. The molecule has 5 heteroatoms. The summed E-state index contributed by atoms with van der Waals surface area (Å²) in [5, 5.41) is 22.6. The van der Waals surface area contributed by atoms with Gasteiger partial charge in [-0.1, -0.05) is 25.4 Å². The van der Waals surface area contributed by atoms with Gasteiger partial charge in [0.2, 0.25) is 0 Å². The Hall–Kier alpha value is -1.28. The van der Waals surface area contributed by atoms with Crippen LogP contribution in [0.3, 0.4) is 0 Å². The van der Waals surface area contributed by atoms with Crippen molar-refractivity contribution in [3.8, 4) is 6.07 Å². The van der Waals surface area contributed by atoms with Crippen LogP contribution in [0.2, 0.25) is 5.02 Å². The first kappa shape index (κ1) is 15.8. The number of rotatable bonds is 7. The highest BCUT2D eigenvalue weighted by atomic mass is 35.5. The summed E-state index contributed by atoms with van der Waals surface area (Å²) in [7, 11) is 0. The molecule has 0 amide bonds. The number of hydrogen-bond acceptors (Lipinski definition) is 4. The number of likely N-dealkylation sites (N-methyl/N-ethyl adjacent to an activating group) is 1. The van der Waals surface area contributed by atoms with Gasteiger partial charge in [-0.3, -0.25) is 0 Å². The Kier molecular flexibility index (Phi) is 6.65. The lowest BCUT2D eigenvalue weighted by Crippen LogP contribution is -2.36. The number of aliphatic hydroxyl groups excluding tert-OH is 1. The van der Waals surface area contributed by atoms with Crippen LogP contribution in [0.5, 0.6) is 0 Å². The van der Waals surface area contributed by atoms with Gasteiger partial charge in [-0.25, -0.2) is 0 Å². The average Bonchev–Trinajstić information content (AvgIpc) is 2.42. The summed E-state index contributed by atoms with van der Waals surface area (Å²) in [6.45, 7) is 6.96. The predicted octanol–water partition coefficient (Wildman–Crippen LogP) is 2.33. The van der Waals surface area contributed by atoms with Crippen molar-refractivity contribution in [2.45, 2.75) is 20.0 Å². The first-order valence-electron chi connectivity index (χ1n) is 6.44. The molecule has 0 radical (unpaired) electrons. The second kappa shape index (κ2) is 8.00. The molecule has 0 saturated heterocycles. The summed E-state index contributed by atoms with van der Waals surface area (Å²) in [5.74, 6) is 0. The first-order chi connectivity index (χ1) is 9.10. The zero-order chi connectivity index (χ0) is 14.3. The second-order valence-corrected chi connectivity index (χ2v) is 4.76. The Morgan fingerprint density at radius 3 is 2.68 bits per heavy atom. The number of nitriles is 1. The van der Waals surface area contributed by atoms with E-state index in [-0.39, 0.29) is 0 Å². The number of nitrogens with one attached hydrogen (secondary N) is 1. The number of aliphatic hydroxyl groups is 1. The van der Waals surface area contributed by atoms with Crippen molar-refractivity contribution < 1.29 is 5.11 Å². The van der Waals surface area contributed by atoms with Crippen LogP contribution in [0, 0.1) is 11.3 Å². The van der Waals surface area contributed by atoms with E-state index < -0.39 is 6.10 Å². The Balaban J connectivity index is 2.57. The van der Waals surface area contributed by atoms with Gasteiger partial charge in [-0.05, 0) is 31.3 Å². The van der Waals surface area contributed by atoms with E-state index in [0.717, 1.165) is 13.1 Å². The molecule has 0 aliphatic rings. The monoisotopic (exact) mass is 281 g/mol. The smallest absolute Gasteiger partial charge is 0.101 e. The topological polar surface area (TPSA) is 59.3 Å². The van der Waals surface area contributed by atoms with Crippen molar-refractivity contribution in [1.29, 1.82) is 5.26 Å². The number of nitrogens with zero attached hydrogens (tertiary/aromatic N) is 2. The first-order valence-corrected chi connectivity index (χ1v) is 6.82. The number of anilines is 1. The number of hydrogen-bond donors (Lipinski definition) is 2. The lowest BCUT2D eigenvalue weighted by atomic mass is 10.2. The minimum absolute atomic E-state index is 0.394. The lowest BCUT2D eigenvalue weighted by Gasteiger charge is -2.22. The molecule has 0 bridgehead atoms. The van der Waals surface area contributed by atoms with Gasteiger partial charge in [-0.2, -0.15) is 5.26 Å². The maximum atomic E-state index is 9.96. The van der Waals surface area contributed by atoms with Crippen molar-refractivity contribution in [3.63, 3.8) is 0 Å². The zero-order valence-corrected chi connectivity index (χ0v) is 12.1. The summed E-state index contributed by atoms with van der Waals surface area (Å²) in [6, 6.07) is 7.14. The molecule has 0 saturated carbocycles. The van der Waals surface area contributed by atoms with Crippen LogP contribution in [0.1, 0.15) is 19.4 Å². The molecule has 0 aliphatic carbocycles. The molecule has 1 rings (SSSR count). The van der Waals surface area contributed by atoms with Crippen molar-refractivity contribution >= 4 is 17.3 Å². The highest BCUT2D eigenvalue weighted by molar-refractivity contribution is 6.30. The Labute approximate surface area is 119 Å². The van der Waals surface area contributed by atoms with E-state index in [2.05, 4.69) is 30.1 Å². The van der Waals surface area contributed by atoms with Gasteiger partial charge in [0.05, 0.1) is 17.4 Å². The largest absolute Gasteiger partial charge is 0.390 e. The third-order valence-electron chi connectivity index (χ3n) is 2.99. The van der Waals surface area contributed by atoms with Gasteiger partial charge < -0.3 is 15.3 Å². The minimum Gasteiger partial charge on any atom is -0.390 e. The van der Waals surface area contributed by atoms with Gasteiger partial charge in [0.15, 0.2) is 0 Å². The normalized spacial score (nSPS) is 12.2. The van der Waals surface area contributed by atoms with Gasteiger partial charge in [0.1, 0.15) is 6.07 Å². The zero-order valence-electron chi connectivity index (χ0n) is 11.4. The number of benzene rings is 1. The fourth-order valence-corrected chi connectivity index (χ4v) is 2.00. The van der Waals surface area contributed by atoms with Gasteiger partial charge in [-0.15, -0.1) is 0 Å². The van der Waals surface area contributed by atoms with E-state index in [1.54, 1.807) is 18.2 Å². The molecular weight excluding hydrogens is 262 g/mol. The second-order valence-electron chi connectivity index (χ2n) is 4.32. The molecule has 1 unspecified atom stereocenters. The van der Waals surface area contributed by atoms with E-state index in [9.17, 15) is 5.11 Å². The van der Waals surface area contributed by atoms with Crippen LogP contribution < -0.4 is 5.32 Å². The fraction of sp³-hybridized carbons (Fsp3) is 0.500. The molecule has 104 valence electrons. The van der Waals surface area contributed by atoms with Crippen LogP contribution >= 0.6 is 11.6 Å². The quantitative estimate of drug-likeness (QED) is 0.805. The van der Waals surface area contributed by atoms with E-state index in [4.69, 9.17) is 16.9 Å². The van der Waals surface area contributed by atoms with Crippen molar-refractivity contribution in [2.75, 3.05) is 31.5 Å². The summed E-state index contributed by atoms with van der Waals surface area (Å²) >= 11 is 5.90. The molecule has 0 spiro atoms. The molecule has 2 N–H and O–H groups in total. The molecule has 0 aromatic heterocycles. The van der Waals surface area contributed by atoms with Crippen LogP contribution in [0.4, 0.5) is 5.69 Å². The van der Waals surface area contributed by atoms with Crippen molar-refractivity contribution in [2.24, 2.45) is 0 Å². The van der Waals surface area contributed by atoms with Crippen LogP contribution in [-0.4, -0.2) is 42.3 Å². The van der Waals surface area contributed by atoms with Crippen LogP contribution in [0.15, 0.2) is 18.2 Å². The van der Waals surface area contributed by atoms with Gasteiger partial charge in [0, 0.05) is 18.1 Å². The third kappa shape index (κ3) is 5.07. The standard InChI is InChI=1S/C14H20ClN3O/c1-3-18(4-2)10-13(19)9-17-14-7-12(15)6-5-11(14)8-16/h5-7,13,17,19H,3-4,9-10H2,1-2H3. The maximum Gasteiger partial charge on any atom is 0.101 e.